The molecule has 0 saturated heterocycles. The van der Waals surface area contributed by atoms with E-state index in [1.807, 2.05) is 20.8 Å². The SMILES string of the molecule is CCS(=O)(=O)Cc1nc(C(C)(C)C)c(CC#N)s1. The second kappa shape index (κ2) is 5.37. The number of thiazole rings is 1. The summed E-state index contributed by atoms with van der Waals surface area (Å²) in [6.45, 7) is 7.67. The van der Waals surface area contributed by atoms with E-state index < -0.39 is 9.84 Å². The fourth-order valence-corrected chi connectivity index (χ4v) is 3.96. The maximum Gasteiger partial charge on any atom is 0.156 e. The number of rotatable bonds is 4. The second-order valence-corrected chi connectivity index (χ2v) is 8.66. The summed E-state index contributed by atoms with van der Waals surface area (Å²) in [5, 5.41) is 9.40. The third-order valence-corrected chi connectivity index (χ3v) is 5.31. The Balaban J connectivity index is 3.16. The van der Waals surface area contributed by atoms with Gasteiger partial charge in [-0.25, -0.2) is 13.4 Å². The Labute approximate surface area is 113 Å². The van der Waals surface area contributed by atoms with E-state index in [1.165, 1.54) is 11.3 Å². The van der Waals surface area contributed by atoms with Gasteiger partial charge in [-0.2, -0.15) is 5.26 Å². The van der Waals surface area contributed by atoms with Crippen LogP contribution in [0.2, 0.25) is 0 Å². The van der Waals surface area contributed by atoms with Crippen LogP contribution in [0.5, 0.6) is 0 Å². The summed E-state index contributed by atoms with van der Waals surface area (Å²) in [7, 11) is -3.07. The van der Waals surface area contributed by atoms with Gasteiger partial charge in [0.15, 0.2) is 9.84 Å². The monoisotopic (exact) mass is 286 g/mol. The predicted octanol–water partition coefficient (Wildman–Crippen LogP) is 2.44. The summed E-state index contributed by atoms with van der Waals surface area (Å²) in [5.41, 5.74) is 0.673. The lowest BCUT2D eigenvalue weighted by Crippen LogP contribution is -2.14. The van der Waals surface area contributed by atoms with E-state index in [0.29, 0.717) is 5.01 Å². The minimum Gasteiger partial charge on any atom is -0.244 e. The average molecular weight is 286 g/mol. The third kappa shape index (κ3) is 3.79. The maximum atomic E-state index is 11.6. The summed E-state index contributed by atoms with van der Waals surface area (Å²) in [6, 6.07) is 2.11. The molecule has 0 aliphatic heterocycles. The van der Waals surface area contributed by atoms with Crippen LogP contribution >= 0.6 is 11.3 Å². The minimum absolute atomic E-state index is 0.0251. The Kier molecular flexibility index (Phi) is 4.51. The van der Waals surface area contributed by atoms with Gasteiger partial charge >= 0.3 is 0 Å². The molecule has 0 aliphatic rings. The van der Waals surface area contributed by atoms with Crippen LogP contribution in [-0.2, 0) is 27.4 Å². The van der Waals surface area contributed by atoms with Gasteiger partial charge in [-0.05, 0) is 0 Å². The Morgan fingerprint density at radius 1 is 1.39 bits per heavy atom. The molecule has 0 spiro atoms. The van der Waals surface area contributed by atoms with Crippen LogP contribution in [0.4, 0.5) is 0 Å². The van der Waals surface area contributed by atoms with Crippen molar-refractivity contribution in [2.75, 3.05) is 5.75 Å². The molecular weight excluding hydrogens is 268 g/mol. The van der Waals surface area contributed by atoms with Crippen molar-refractivity contribution in [2.24, 2.45) is 0 Å². The summed E-state index contributed by atoms with van der Waals surface area (Å²) in [5.74, 6) is 0.0910. The van der Waals surface area contributed by atoms with Gasteiger partial charge in [-0.3, -0.25) is 0 Å². The standard InChI is InChI=1S/C12H18N2O2S2/c1-5-18(15,16)8-10-14-11(12(2,3)4)9(17-10)6-7-13/h5-6,8H2,1-4H3. The van der Waals surface area contributed by atoms with Gasteiger partial charge in [0.2, 0.25) is 0 Å². The molecule has 6 heteroatoms. The van der Waals surface area contributed by atoms with Gasteiger partial charge in [0.1, 0.15) is 10.8 Å². The highest BCUT2D eigenvalue weighted by Crippen LogP contribution is 2.30. The smallest absolute Gasteiger partial charge is 0.156 e. The highest BCUT2D eigenvalue weighted by Gasteiger charge is 2.24. The average Bonchev–Trinajstić information content (AvgIpc) is 2.60. The van der Waals surface area contributed by atoms with Gasteiger partial charge in [-0.15, -0.1) is 11.3 Å². The number of hydrogen-bond acceptors (Lipinski definition) is 5. The molecule has 0 amide bonds. The number of nitriles is 1. The third-order valence-electron chi connectivity index (χ3n) is 2.47. The van der Waals surface area contributed by atoms with E-state index in [9.17, 15) is 8.42 Å². The molecule has 1 heterocycles. The van der Waals surface area contributed by atoms with Gasteiger partial charge in [0, 0.05) is 16.0 Å². The van der Waals surface area contributed by atoms with E-state index in [1.54, 1.807) is 6.92 Å². The van der Waals surface area contributed by atoms with Gasteiger partial charge in [0.05, 0.1) is 18.2 Å². The fraction of sp³-hybridized carbons (Fsp3) is 0.667. The van der Waals surface area contributed by atoms with Crippen LogP contribution < -0.4 is 0 Å². The lowest BCUT2D eigenvalue weighted by Gasteiger charge is -2.16. The van der Waals surface area contributed by atoms with Gasteiger partial charge in [0.25, 0.3) is 0 Å². The molecule has 0 atom stereocenters. The van der Waals surface area contributed by atoms with Crippen molar-refractivity contribution in [1.29, 1.82) is 5.26 Å². The van der Waals surface area contributed by atoms with Crippen LogP contribution in [0, 0.1) is 11.3 Å². The van der Waals surface area contributed by atoms with E-state index in [2.05, 4.69) is 11.1 Å². The van der Waals surface area contributed by atoms with Crippen molar-refractivity contribution in [1.82, 2.24) is 4.98 Å². The first-order valence-corrected chi connectivity index (χ1v) is 8.40. The van der Waals surface area contributed by atoms with E-state index in [4.69, 9.17) is 5.26 Å². The summed E-state index contributed by atoms with van der Waals surface area (Å²) < 4.78 is 23.2. The van der Waals surface area contributed by atoms with Crippen LogP contribution in [0.15, 0.2) is 0 Å². The minimum atomic E-state index is -3.07. The molecule has 1 rings (SSSR count). The zero-order valence-electron chi connectivity index (χ0n) is 11.1. The van der Waals surface area contributed by atoms with Crippen molar-refractivity contribution >= 4 is 21.2 Å². The quantitative estimate of drug-likeness (QED) is 0.852. The van der Waals surface area contributed by atoms with Crippen molar-refractivity contribution < 1.29 is 8.42 Å². The Hall–Kier alpha value is -0.930. The first-order valence-electron chi connectivity index (χ1n) is 5.76. The lowest BCUT2D eigenvalue weighted by molar-refractivity contribution is 0.565. The van der Waals surface area contributed by atoms with Crippen LogP contribution in [0.25, 0.3) is 0 Å². The Morgan fingerprint density at radius 2 is 2.00 bits per heavy atom. The van der Waals surface area contributed by atoms with Crippen molar-refractivity contribution in [2.45, 2.75) is 45.3 Å². The molecule has 0 radical (unpaired) electrons. The first kappa shape index (κ1) is 15.1. The van der Waals surface area contributed by atoms with Crippen LogP contribution in [0.3, 0.4) is 0 Å². The van der Waals surface area contributed by atoms with E-state index in [-0.39, 0.29) is 23.3 Å². The first-order chi connectivity index (χ1) is 8.19. The molecule has 18 heavy (non-hydrogen) atoms. The normalized spacial score (nSPS) is 12.4. The van der Waals surface area contributed by atoms with Gasteiger partial charge < -0.3 is 0 Å². The Bertz CT molecular complexity index is 560. The van der Waals surface area contributed by atoms with Crippen molar-refractivity contribution in [3.8, 4) is 6.07 Å². The molecule has 1 aromatic heterocycles. The molecule has 0 aromatic carbocycles. The topological polar surface area (TPSA) is 70.8 Å². The fourth-order valence-electron chi connectivity index (χ4n) is 1.53. The van der Waals surface area contributed by atoms with E-state index >= 15 is 0 Å². The zero-order chi connectivity index (χ0) is 14.0. The largest absolute Gasteiger partial charge is 0.244 e. The Morgan fingerprint density at radius 3 is 2.44 bits per heavy atom. The number of aromatic nitrogens is 1. The van der Waals surface area contributed by atoms with E-state index in [0.717, 1.165) is 10.6 Å². The molecule has 0 saturated carbocycles. The van der Waals surface area contributed by atoms with Crippen molar-refractivity contribution in [3.05, 3.63) is 15.6 Å². The number of nitrogens with zero attached hydrogens (tertiary/aromatic N) is 2. The predicted molar refractivity (Wildman–Crippen MR) is 73.3 cm³/mol. The van der Waals surface area contributed by atoms with Crippen LogP contribution in [0.1, 0.15) is 43.3 Å². The summed E-state index contributed by atoms with van der Waals surface area (Å²) in [6.07, 6.45) is 0.288. The number of sulfone groups is 1. The molecule has 0 N–H and O–H groups in total. The summed E-state index contributed by atoms with van der Waals surface area (Å²) in [4.78, 5) is 5.30. The molecular formula is C12H18N2O2S2. The second-order valence-electron chi connectivity index (χ2n) is 5.14. The molecule has 0 bridgehead atoms. The molecule has 0 fully saturated rings. The molecule has 4 nitrogen and oxygen atoms in total. The maximum absolute atomic E-state index is 11.6. The van der Waals surface area contributed by atoms with Gasteiger partial charge in [-0.1, -0.05) is 27.7 Å². The lowest BCUT2D eigenvalue weighted by atomic mass is 9.91. The molecule has 0 unspecified atom stereocenters. The molecule has 0 aliphatic carbocycles. The molecule has 1 aromatic rings. The summed E-state index contributed by atoms with van der Waals surface area (Å²) >= 11 is 1.34. The highest BCUT2D eigenvalue weighted by atomic mass is 32.2. The highest BCUT2D eigenvalue weighted by molar-refractivity contribution is 7.90. The zero-order valence-corrected chi connectivity index (χ0v) is 12.8. The molecule has 100 valence electrons. The van der Waals surface area contributed by atoms with Crippen LogP contribution in [-0.4, -0.2) is 19.2 Å². The number of hydrogen-bond donors (Lipinski definition) is 0. The van der Waals surface area contributed by atoms with Crippen molar-refractivity contribution in [3.63, 3.8) is 0 Å².